The van der Waals surface area contributed by atoms with Crippen LogP contribution in [0.2, 0.25) is 0 Å². The first-order valence-electron chi connectivity index (χ1n) is 3.01. The molecule has 10 heavy (non-hydrogen) atoms. The molecule has 0 N–H and O–H groups in total. The Hall–Kier alpha value is -1.30. The number of hydrogen-bond donors (Lipinski definition) is 0. The van der Waals surface area contributed by atoms with E-state index in [4.69, 9.17) is 5.26 Å². The number of nitriles is 1. The van der Waals surface area contributed by atoms with Crippen molar-refractivity contribution in [3.63, 3.8) is 0 Å². The van der Waals surface area contributed by atoms with Gasteiger partial charge in [0, 0.05) is 6.08 Å². The second-order valence-corrected chi connectivity index (χ2v) is 1.54. The van der Waals surface area contributed by atoms with Crippen molar-refractivity contribution < 1.29 is 9.53 Å². The highest BCUT2D eigenvalue weighted by Crippen LogP contribution is 1.86. The number of allylic oxidation sites excluding steroid dienone is 1. The SMILES string of the molecule is CCOC(=O)C/C=C/C#N. The predicted molar refractivity (Wildman–Crippen MR) is 36.0 cm³/mol. The van der Waals surface area contributed by atoms with Crippen LogP contribution >= 0.6 is 0 Å². The van der Waals surface area contributed by atoms with Gasteiger partial charge in [-0.25, -0.2) is 0 Å². The minimum atomic E-state index is -0.297. The van der Waals surface area contributed by atoms with E-state index in [-0.39, 0.29) is 12.4 Å². The van der Waals surface area contributed by atoms with Crippen molar-refractivity contribution in [3.05, 3.63) is 12.2 Å². The Kier molecular flexibility index (Phi) is 5.07. The standard InChI is InChI=1S/C7H9NO2/c1-2-10-7(9)5-3-4-6-8/h3-4H,2,5H2,1H3/b4-3+. The summed E-state index contributed by atoms with van der Waals surface area (Å²) in [5.41, 5.74) is 0. The quantitative estimate of drug-likeness (QED) is 0.433. The lowest BCUT2D eigenvalue weighted by molar-refractivity contribution is -0.142. The van der Waals surface area contributed by atoms with Gasteiger partial charge in [-0.1, -0.05) is 6.08 Å². The van der Waals surface area contributed by atoms with Gasteiger partial charge >= 0.3 is 5.97 Å². The van der Waals surface area contributed by atoms with Crippen LogP contribution in [0.5, 0.6) is 0 Å². The number of carbonyl (C=O) groups is 1. The molecule has 0 spiro atoms. The lowest BCUT2D eigenvalue weighted by Gasteiger charge is -1.94. The van der Waals surface area contributed by atoms with Crippen molar-refractivity contribution in [3.8, 4) is 6.07 Å². The van der Waals surface area contributed by atoms with Gasteiger partial charge in [0.05, 0.1) is 19.1 Å². The molecule has 0 aliphatic heterocycles. The van der Waals surface area contributed by atoms with Crippen LogP contribution in [0.4, 0.5) is 0 Å². The van der Waals surface area contributed by atoms with Crippen molar-refractivity contribution in [2.24, 2.45) is 0 Å². The van der Waals surface area contributed by atoms with Crippen LogP contribution in [-0.2, 0) is 9.53 Å². The van der Waals surface area contributed by atoms with Crippen molar-refractivity contribution in [1.29, 1.82) is 5.26 Å². The maximum atomic E-state index is 10.5. The first-order chi connectivity index (χ1) is 4.81. The first-order valence-corrected chi connectivity index (χ1v) is 3.01. The molecule has 0 aromatic heterocycles. The normalized spacial score (nSPS) is 9.20. The molecule has 0 heterocycles. The van der Waals surface area contributed by atoms with Crippen LogP contribution in [0.15, 0.2) is 12.2 Å². The minimum Gasteiger partial charge on any atom is -0.466 e. The van der Waals surface area contributed by atoms with Crippen LogP contribution < -0.4 is 0 Å². The van der Waals surface area contributed by atoms with Crippen LogP contribution in [-0.4, -0.2) is 12.6 Å². The van der Waals surface area contributed by atoms with Gasteiger partial charge in [0.15, 0.2) is 0 Å². The Morgan fingerprint density at radius 1 is 1.80 bits per heavy atom. The summed E-state index contributed by atoms with van der Waals surface area (Å²) in [6.45, 7) is 2.13. The molecule has 0 aliphatic carbocycles. The molecular formula is C7H9NO2. The minimum absolute atomic E-state index is 0.182. The highest BCUT2D eigenvalue weighted by molar-refractivity contribution is 5.71. The number of hydrogen-bond acceptors (Lipinski definition) is 3. The largest absolute Gasteiger partial charge is 0.466 e. The molecule has 0 aromatic carbocycles. The van der Waals surface area contributed by atoms with Gasteiger partial charge in [-0.2, -0.15) is 5.26 Å². The molecule has 0 saturated heterocycles. The van der Waals surface area contributed by atoms with E-state index in [1.807, 2.05) is 0 Å². The highest BCUT2D eigenvalue weighted by atomic mass is 16.5. The van der Waals surface area contributed by atoms with E-state index in [1.54, 1.807) is 13.0 Å². The Labute approximate surface area is 59.9 Å². The molecule has 0 saturated carbocycles. The summed E-state index contributed by atoms with van der Waals surface area (Å²) >= 11 is 0. The van der Waals surface area contributed by atoms with E-state index in [9.17, 15) is 4.79 Å². The maximum absolute atomic E-state index is 10.5. The summed E-state index contributed by atoms with van der Waals surface area (Å²) in [7, 11) is 0. The Morgan fingerprint density at radius 2 is 2.50 bits per heavy atom. The van der Waals surface area contributed by atoms with E-state index in [2.05, 4.69) is 4.74 Å². The molecule has 0 aliphatic rings. The summed E-state index contributed by atoms with van der Waals surface area (Å²) in [5, 5.41) is 8.02. The zero-order chi connectivity index (χ0) is 7.82. The van der Waals surface area contributed by atoms with E-state index in [1.165, 1.54) is 12.2 Å². The molecule has 0 aromatic rings. The lowest BCUT2D eigenvalue weighted by Crippen LogP contribution is -2.01. The van der Waals surface area contributed by atoms with Crippen molar-refractivity contribution in [1.82, 2.24) is 0 Å². The molecule has 0 fully saturated rings. The summed E-state index contributed by atoms with van der Waals surface area (Å²) in [6, 6.07) is 1.78. The molecule has 0 amide bonds. The first kappa shape index (κ1) is 8.70. The molecule has 0 atom stereocenters. The van der Waals surface area contributed by atoms with Crippen LogP contribution in [0.1, 0.15) is 13.3 Å². The zero-order valence-corrected chi connectivity index (χ0v) is 5.83. The smallest absolute Gasteiger partial charge is 0.309 e. The topological polar surface area (TPSA) is 50.1 Å². The second-order valence-electron chi connectivity index (χ2n) is 1.54. The van der Waals surface area contributed by atoms with Gasteiger partial charge in [0.2, 0.25) is 0 Å². The van der Waals surface area contributed by atoms with Gasteiger partial charge in [-0.15, -0.1) is 0 Å². The summed E-state index contributed by atoms with van der Waals surface area (Å²) in [6.07, 6.45) is 2.91. The average Bonchev–Trinajstić information content (AvgIpc) is 1.89. The van der Waals surface area contributed by atoms with Crippen LogP contribution in [0.25, 0.3) is 0 Å². The molecule has 54 valence electrons. The van der Waals surface area contributed by atoms with Gasteiger partial charge < -0.3 is 4.74 Å². The number of carbonyl (C=O) groups excluding carboxylic acids is 1. The molecule has 0 radical (unpaired) electrons. The maximum Gasteiger partial charge on any atom is 0.309 e. The Balaban J connectivity index is 3.41. The third-order valence-corrected chi connectivity index (χ3v) is 0.782. The van der Waals surface area contributed by atoms with Gasteiger partial charge in [-0.3, -0.25) is 4.79 Å². The van der Waals surface area contributed by atoms with Crippen LogP contribution in [0.3, 0.4) is 0 Å². The molecule has 3 nitrogen and oxygen atoms in total. The van der Waals surface area contributed by atoms with E-state index < -0.39 is 0 Å². The van der Waals surface area contributed by atoms with Gasteiger partial charge in [0.25, 0.3) is 0 Å². The fourth-order valence-electron chi connectivity index (χ4n) is 0.428. The second kappa shape index (κ2) is 5.83. The lowest BCUT2D eigenvalue weighted by atomic mass is 10.4. The predicted octanol–water partition coefficient (Wildman–Crippen LogP) is 1.02. The third kappa shape index (κ3) is 4.85. The van der Waals surface area contributed by atoms with Crippen molar-refractivity contribution in [2.45, 2.75) is 13.3 Å². The summed E-state index contributed by atoms with van der Waals surface area (Å²) < 4.78 is 4.59. The summed E-state index contributed by atoms with van der Waals surface area (Å²) in [5.74, 6) is -0.297. The van der Waals surface area contributed by atoms with E-state index >= 15 is 0 Å². The number of esters is 1. The molecular weight excluding hydrogens is 130 g/mol. The average molecular weight is 139 g/mol. The van der Waals surface area contributed by atoms with Gasteiger partial charge in [-0.05, 0) is 6.92 Å². The molecule has 0 bridgehead atoms. The number of rotatable bonds is 3. The third-order valence-electron chi connectivity index (χ3n) is 0.782. The number of ether oxygens (including phenoxy) is 1. The van der Waals surface area contributed by atoms with E-state index in [0.29, 0.717) is 6.61 Å². The van der Waals surface area contributed by atoms with Crippen molar-refractivity contribution >= 4 is 5.97 Å². The Morgan fingerprint density at radius 3 is 3.00 bits per heavy atom. The molecule has 0 unspecified atom stereocenters. The molecule has 0 rings (SSSR count). The summed E-state index contributed by atoms with van der Waals surface area (Å²) in [4.78, 5) is 10.5. The fourth-order valence-corrected chi connectivity index (χ4v) is 0.428. The van der Waals surface area contributed by atoms with Gasteiger partial charge in [0.1, 0.15) is 0 Å². The zero-order valence-electron chi connectivity index (χ0n) is 5.83. The van der Waals surface area contributed by atoms with E-state index in [0.717, 1.165) is 0 Å². The monoisotopic (exact) mass is 139 g/mol. The van der Waals surface area contributed by atoms with Crippen LogP contribution in [0, 0.1) is 11.3 Å². The Bertz CT molecular complexity index is 167. The molecule has 3 heteroatoms. The number of nitrogens with zero attached hydrogens (tertiary/aromatic N) is 1. The fraction of sp³-hybridized carbons (Fsp3) is 0.429. The highest BCUT2D eigenvalue weighted by Gasteiger charge is 1.94. The van der Waals surface area contributed by atoms with Crippen molar-refractivity contribution in [2.75, 3.05) is 6.61 Å².